The minimum atomic E-state index is 0.0135. The highest BCUT2D eigenvalue weighted by Crippen LogP contribution is 2.37. The van der Waals surface area contributed by atoms with Gasteiger partial charge in [-0.3, -0.25) is 4.98 Å². The van der Waals surface area contributed by atoms with Crippen LogP contribution in [0.15, 0.2) is 36.5 Å². The molecule has 2 aromatic rings. The van der Waals surface area contributed by atoms with Gasteiger partial charge in [0.05, 0.1) is 19.4 Å². The average molecular weight is 318 g/mol. The molecular formula is C18H20ClNO2. The van der Waals surface area contributed by atoms with Crippen LogP contribution in [0.3, 0.4) is 0 Å². The summed E-state index contributed by atoms with van der Waals surface area (Å²) >= 11 is 6.31. The number of pyridine rings is 1. The third kappa shape index (κ3) is 3.26. The van der Waals surface area contributed by atoms with Gasteiger partial charge in [-0.25, -0.2) is 0 Å². The van der Waals surface area contributed by atoms with Crippen molar-refractivity contribution in [3.8, 4) is 5.75 Å². The Bertz CT molecular complexity index is 642. The highest BCUT2D eigenvalue weighted by atomic mass is 35.5. The lowest BCUT2D eigenvalue weighted by atomic mass is 9.86. The number of ether oxygens (including phenoxy) is 2. The van der Waals surface area contributed by atoms with Crippen LogP contribution in [0.25, 0.3) is 0 Å². The van der Waals surface area contributed by atoms with Crippen molar-refractivity contribution in [3.63, 3.8) is 0 Å². The van der Waals surface area contributed by atoms with E-state index < -0.39 is 0 Å². The van der Waals surface area contributed by atoms with E-state index in [9.17, 15) is 0 Å². The molecule has 1 aliphatic rings. The second-order valence-electron chi connectivity index (χ2n) is 5.85. The molecule has 0 radical (unpaired) electrons. The topological polar surface area (TPSA) is 31.4 Å². The van der Waals surface area contributed by atoms with Crippen molar-refractivity contribution in [1.29, 1.82) is 0 Å². The van der Waals surface area contributed by atoms with E-state index in [0.717, 1.165) is 40.4 Å². The molecule has 0 saturated heterocycles. The largest absolute Gasteiger partial charge is 0.497 e. The second-order valence-corrected chi connectivity index (χ2v) is 6.26. The molecule has 0 N–H and O–H groups in total. The van der Waals surface area contributed by atoms with Crippen LogP contribution in [-0.4, -0.2) is 12.1 Å². The van der Waals surface area contributed by atoms with E-state index in [1.165, 1.54) is 0 Å². The van der Waals surface area contributed by atoms with Gasteiger partial charge in [0.1, 0.15) is 11.9 Å². The number of aromatic nitrogens is 1. The van der Waals surface area contributed by atoms with Crippen molar-refractivity contribution in [2.24, 2.45) is 5.92 Å². The van der Waals surface area contributed by atoms with Crippen LogP contribution in [0.4, 0.5) is 0 Å². The molecule has 1 aromatic carbocycles. The highest BCUT2D eigenvalue weighted by molar-refractivity contribution is 6.31. The van der Waals surface area contributed by atoms with Crippen molar-refractivity contribution < 1.29 is 9.47 Å². The first-order valence-electron chi connectivity index (χ1n) is 7.55. The average Bonchev–Trinajstić information content (AvgIpc) is 2.54. The fraction of sp³-hybridized carbons (Fsp3) is 0.389. The number of methoxy groups -OCH3 is 1. The summed E-state index contributed by atoms with van der Waals surface area (Å²) in [5.41, 5.74) is 3.27. The zero-order valence-electron chi connectivity index (χ0n) is 12.9. The molecule has 0 aliphatic heterocycles. The fourth-order valence-corrected chi connectivity index (χ4v) is 3.17. The normalized spacial score (nSPS) is 20.5. The first-order chi connectivity index (χ1) is 10.7. The van der Waals surface area contributed by atoms with E-state index in [4.69, 9.17) is 21.1 Å². The van der Waals surface area contributed by atoms with Crippen LogP contribution in [0, 0.1) is 5.92 Å². The third-order valence-electron chi connectivity index (χ3n) is 4.12. The highest BCUT2D eigenvalue weighted by Gasteiger charge is 2.28. The predicted octanol–water partition coefficient (Wildman–Crippen LogP) is 4.58. The van der Waals surface area contributed by atoms with Crippen molar-refractivity contribution in [3.05, 3.63) is 58.4 Å². The molecule has 1 aliphatic carbocycles. The molecule has 3 rings (SSSR count). The second kappa shape index (κ2) is 6.67. The summed E-state index contributed by atoms with van der Waals surface area (Å²) in [5, 5.41) is 0.801. The summed E-state index contributed by atoms with van der Waals surface area (Å²) in [5.74, 6) is 1.41. The first-order valence-corrected chi connectivity index (χ1v) is 7.93. The van der Waals surface area contributed by atoms with Crippen LogP contribution >= 0.6 is 11.6 Å². The zero-order valence-corrected chi connectivity index (χ0v) is 13.6. The fourth-order valence-electron chi connectivity index (χ4n) is 2.94. The summed E-state index contributed by atoms with van der Waals surface area (Å²) in [6, 6.07) is 9.81. The van der Waals surface area contributed by atoms with Gasteiger partial charge >= 0.3 is 0 Å². The van der Waals surface area contributed by atoms with Crippen molar-refractivity contribution >= 4 is 11.6 Å². The van der Waals surface area contributed by atoms with Gasteiger partial charge in [0.2, 0.25) is 0 Å². The van der Waals surface area contributed by atoms with E-state index in [0.29, 0.717) is 12.5 Å². The predicted molar refractivity (Wildman–Crippen MR) is 87.3 cm³/mol. The number of benzene rings is 1. The molecule has 0 saturated carbocycles. The number of halogens is 1. The van der Waals surface area contributed by atoms with Crippen molar-refractivity contribution in [1.82, 2.24) is 4.98 Å². The van der Waals surface area contributed by atoms with Crippen LogP contribution < -0.4 is 4.74 Å². The van der Waals surface area contributed by atoms with Gasteiger partial charge < -0.3 is 9.47 Å². The smallest absolute Gasteiger partial charge is 0.118 e. The summed E-state index contributed by atoms with van der Waals surface area (Å²) in [7, 11) is 1.67. The maximum absolute atomic E-state index is 6.31. The van der Waals surface area contributed by atoms with Crippen LogP contribution in [0.1, 0.15) is 36.3 Å². The minimum absolute atomic E-state index is 0.0135. The molecular weight excluding hydrogens is 298 g/mol. The van der Waals surface area contributed by atoms with E-state index in [-0.39, 0.29) is 6.10 Å². The van der Waals surface area contributed by atoms with Gasteiger partial charge in [0.25, 0.3) is 0 Å². The van der Waals surface area contributed by atoms with Gasteiger partial charge in [0.15, 0.2) is 0 Å². The maximum atomic E-state index is 6.31. The first kappa shape index (κ1) is 15.3. The van der Waals surface area contributed by atoms with E-state index >= 15 is 0 Å². The Morgan fingerprint density at radius 3 is 2.73 bits per heavy atom. The molecule has 0 amide bonds. The van der Waals surface area contributed by atoms with Crippen LogP contribution in [0.5, 0.6) is 5.75 Å². The van der Waals surface area contributed by atoms with Crippen molar-refractivity contribution in [2.45, 2.75) is 32.5 Å². The molecule has 3 nitrogen and oxygen atoms in total. The Morgan fingerprint density at radius 2 is 2.00 bits per heavy atom. The lowest BCUT2D eigenvalue weighted by Gasteiger charge is -2.29. The Kier molecular flexibility index (Phi) is 4.65. The molecule has 0 spiro atoms. The molecule has 116 valence electrons. The summed E-state index contributed by atoms with van der Waals surface area (Å²) < 4.78 is 11.3. The molecule has 0 unspecified atom stereocenters. The Labute approximate surface area is 136 Å². The van der Waals surface area contributed by atoms with Gasteiger partial charge in [-0.1, -0.05) is 30.7 Å². The van der Waals surface area contributed by atoms with Crippen LogP contribution in [0.2, 0.25) is 5.02 Å². The molecule has 2 atom stereocenters. The standard InChI is InChI=1S/C18H20ClNO2/c1-12-9-15-16(19)7-8-20-18(15)17(10-12)22-11-13-3-5-14(21-2)6-4-13/h3-8,12,17H,9-11H2,1-2H3/t12-,17+/m0/s1. The van der Waals surface area contributed by atoms with E-state index in [1.807, 2.05) is 30.3 Å². The van der Waals surface area contributed by atoms with Crippen molar-refractivity contribution in [2.75, 3.05) is 7.11 Å². The Morgan fingerprint density at radius 1 is 1.23 bits per heavy atom. The SMILES string of the molecule is COc1ccc(CO[C@@H]2C[C@@H](C)Cc3c(Cl)ccnc32)cc1. The lowest BCUT2D eigenvalue weighted by molar-refractivity contribution is 0.0155. The summed E-state index contributed by atoms with van der Waals surface area (Å²) in [6.07, 6.45) is 3.74. The number of rotatable bonds is 4. The van der Waals surface area contributed by atoms with Gasteiger partial charge in [0, 0.05) is 11.2 Å². The zero-order chi connectivity index (χ0) is 15.5. The molecule has 22 heavy (non-hydrogen) atoms. The molecule has 1 aromatic heterocycles. The molecule has 4 heteroatoms. The minimum Gasteiger partial charge on any atom is -0.497 e. The van der Waals surface area contributed by atoms with Crippen LogP contribution in [-0.2, 0) is 17.8 Å². The molecule has 0 bridgehead atoms. The quantitative estimate of drug-likeness (QED) is 0.827. The number of nitrogens with zero attached hydrogens (tertiary/aromatic N) is 1. The Hall–Kier alpha value is -1.58. The Balaban J connectivity index is 1.74. The summed E-state index contributed by atoms with van der Waals surface area (Å²) in [6.45, 7) is 2.80. The van der Waals surface area contributed by atoms with Gasteiger partial charge in [-0.2, -0.15) is 0 Å². The van der Waals surface area contributed by atoms with E-state index in [1.54, 1.807) is 13.3 Å². The lowest BCUT2D eigenvalue weighted by Crippen LogP contribution is -2.20. The van der Waals surface area contributed by atoms with E-state index in [2.05, 4.69) is 11.9 Å². The monoisotopic (exact) mass is 317 g/mol. The number of hydrogen-bond acceptors (Lipinski definition) is 3. The number of fused-ring (bicyclic) bond motifs is 1. The van der Waals surface area contributed by atoms with Gasteiger partial charge in [-0.05, 0) is 48.1 Å². The maximum Gasteiger partial charge on any atom is 0.118 e. The molecule has 0 fully saturated rings. The molecule has 1 heterocycles. The third-order valence-corrected chi connectivity index (χ3v) is 4.47. The number of hydrogen-bond donors (Lipinski definition) is 0. The van der Waals surface area contributed by atoms with Gasteiger partial charge in [-0.15, -0.1) is 0 Å². The summed E-state index contributed by atoms with van der Waals surface area (Å²) in [4.78, 5) is 4.51.